The lowest BCUT2D eigenvalue weighted by Crippen LogP contribution is -2.00. The molecule has 2 heterocycles. The van der Waals surface area contributed by atoms with Gasteiger partial charge >= 0.3 is 0 Å². The van der Waals surface area contributed by atoms with E-state index in [2.05, 4.69) is 9.97 Å². The van der Waals surface area contributed by atoms with Gasteiger partial charge in [0.2, 0.25) is 5.69 Å². The van der Waals surface area contributed by atoms with Gasteiger partial charge in [0.15, 0.2) is 6.21 Å². The van der Waals surface area contributed by atoms with Crippen LogP contribution in [0.2, 0.25) is 0 Å². The maximum absolute atomic E-state index is 12.0. The van der Waals surface area contributed by atoms with Gasteiger partial charge in [-0.05, 0) is 35.4 Å². The molecule has 0 saturated heterocycles. The third-order valence-electron chi connectivity index (χ3n) is 6.12. The van der Waals surface area contributed by atoms with Crippen molar-refractivity contribution in [1.29, 1.82) is 0 Å². The van der Waals surface area contributed by atoms with Gasteiger partial charge in [0.1, 0.15) is 6.29 Å². The van der Waals surface area contributed by atoms with Gasteiger partial charge in [-0.3, -0.25) is 15.5 Å². The number of hydrogen-bond donors (Lipinski definition) is 2. The molecule has 43 heavy (non-hydrogen) atoms. The highest BCUT2D eigenvalue weighted by Crippen LogP contribution is 2.11. The molecular formula is C34H32N6O3. The van der Waals surface area contributed by atoms with E-state index in [1.807, 2.05) is 112 Å². The fourth-order valence-corrected chi connectivity index (χ4v) is 3.89. The van der Waals surface area contributed by atoms with E-state index in [4.69, 9.17) is 5.21 Å². The minimum atomic E-state index is 0.625. The van der Waals surface area contributed by atoms with Crippen LogP contribution in [0.1, 0.15) is 27.0 Å². The van der Waals surface area contributed by atoms with E-state index in [1.165, 1.54) is 5.56 Å². The first kappa shape index (κ1) is 30.2. The van der Waals surface area contributed by atoms with Crippen molar-refractivity contribution < 1.29 is 14.7 Å². The molecule has 4 aromatic carbocycles. The Morgan fingerprint density at radius 2 is 1.19 bits per heavy atom. The van der Waals surface area contributed by atoms with Crippen LogP contribution >= 0.6 is 0 Å². The van der Waals surface area contributed by atoms with Crippen LogP contribution in [0.25, 0.3) is 0 Å². The van der Waals surface area contributed by atoms with Crippen molar-refractivity contribution in [3.63, 3.8) is 0 Å². The van der Waals surface area contributed by atoms with Gasteiger partial charge in [-0.2, -0.15) is 4.74 Å². The minimum absolute atomic E-state index is 0.625. The Kier molecular flexibility index (Phi) is 11.5. The largest absolute Gasteiger partial charge is 0.618 e. The summed E-state index contributed by atoms with van der Waals surface area (Å²) in [5.74, 6) is 0. The van der Waals surface area contributed by atoms with Crippen LogP contribution in [0, 0.1) is 5.21 Å². The normalized spacial score (nSPS) is 10.5. The molecule has 0 aliphatic carbocycles. The number of carbonyl (C=O) groups excluding carboxylic acids is 1. The first-order chi connectivity index (χ1) is 21.1. The number of rotatable bonds is 8. The molecule has 216 valence electrons. The van der Waals surface area contributed by atoms with E-state index in [-0.39, 0.29) is 0 Å². The molecule has 2 aromatic heterocycles. The zero-order valence-corrected chi connectivity index (χ0v) is 23.4. The number of aromatic nitrogens is 4. The third-order valence-corrected chi connectivity index (χ3v) is 6.12. The lowest BCUT2D eigenvalue weighted by molar-refractivity contribution is -0.354. The van der Waals surface area contributed by atoms with Crippen LogP contribution in [-0.2, 0) is 13.1 Å². The summed E-state index contributed by atoms with van der Waals surface area (Å²) in [6, 6.07) is 33.8. The molecular weight excluding hydrogens is 540 g/mol. The van der Waals surface area contributed by atoms with Gasteiger partial charge in [0, 0.05) is 61.1 Å². The van der Waals surface area contributed by atoms with Crippen LogP contribution in [0.3, 0.4) is 0 Å². The number of carbonyl (C=O) groups is 1. The zero-order valence-electron chi connectivity index (χ0n) is 23.4. The van der Waals surface area contributed by atoms with Crippen molar-refractivity contribution in [3.05, 3.63) is 174 Å². The summed E-state index contributed by atoms with van der Waals surface area (Å²) >= 11 is 0. The van der Waals surface area contributed by atoms with Crippen molar-refractivity contribution in [2.24, 2.45) is 0 Å². The van der Waals surface area contributed by atoms with Gasteiger partial charge in [0.25, 0.3) is 0 Å². The molecule has 0 aliphatic heterocycles. The van der Waals surface area contributed by atoms with E-state index in [1.54, 1.807) is 55.5 Å². The summed E-state index contributed by atoms with van der Waals surface area (Å²) in [6.07, 6.45) is 13.3. The van der Waals surface area contributed by atoms with Crippen molar-refractivity contribution in [3.8, 4) is 0 Å². The van der Waals surface area contributed by atoms with Crippen LogP contribution in [0.5, 0.6) is 0 Å². The Morgan fingerprint density at radius 3 is 1.60 bits per heavy atom. The maximum atomic E-state index is 12.0. The third kappa shape index (κ3) is 10.3. The zero-order chi connectivity index (χ0) is 30.1. The van der Waals surface area contributed by atoms with Crippen molar-refractivity contribution >= 4 is 23.9 Å². The Labute approximate surface area is 250 Å². The number of nitrogens with one attached hydrogen (secondary N) is 1. The Balaban J connectivity index is 0.000000165. The van der Waals surface area contributed by atoms with Crippen molar-refractivity contribution in [2.45, 2.75) is 13.1 Å². The lowest BCUT2D eigenvalue weighted by atomic mass is 10.1. The number of aldehydes is 1. The van der Waals surface area contributed by atoms with E-state index in [0.717, 1.165) is 35.2 Å². The van der Waals surface area contributed by atoms with Crippen LogP contribution in [-0.4, -0.2) is 41.5 Å². The predicted molar refractivity (Wildman–Crippen MR) is 168 cm³/mol. The SMILES string of the molecule is O=Cc1ccc(Cn2ccnc2)cc1.ONc1ccccc1.[O-]/[N+](=C\c1ccc(Cn2ccnc2)cc1)c1ccccc1. The second-order valence-electron chi connectivity index (χ2n) is 9.34. The quantitative estimate of drug-likeness (QED) is 0.0716. The summed E-state index contributed by atoms with van der Waals surface area (Å²) in [5, 5.41) is 20.3. The number of imidazole rings is 2. The number of anilines is 1. The number of nitrogens with zero attached hydrogens (tertiary/aromatic N) is 5. The molecule has 2 N–H and O–H groups in total. The fraction of sp³-hybridized carbons (Fsp3) is 0.0588. The summed E-state index contributed by atoms with van der Waals surface area (Å²) in [6.45, 7) is 1.57. The fourth-order valence-electron chi connectivity index (χ4n) is 3.89. The maximum Gasteiger partial charge on any atom is 0.216 e. The molecule has 9 heteroatoms. The molecule has 6 rings (SSSR count). The van der Waals surface area contributed by atoms with Gasteiger partial charge < -0.3 is 14.3 Å². The molecule has 0 aliphatic rings. The summed E-state index contributed by atoms with van der Waals surface area (Å²) in [7, 11) is 0. The standard InChI is InChI=1S/C17H15N3O.C11H10N2O.C6H7NO/c21-20(17-4-2-1-3-5-17)13-16-8-6-15(7-9-16)12-19-11-10-18-14-19;14-8-11-3-1-10(2-4-11)7-13-6-5-12-9-13;8-7-6-4-2-1-3-5-6/h1-11,13-14H,12H2;1-6,8-9H,7H2;1-5,7-8H/b20-13-;;. The lowest BCUT2D eigenvalue weighted by Gasteiger charge is -2.04. The minimum Gasteiger partial charge on any atom is -0.618 e. The summed E-state index contributed by atoms with van der Waals surface area (Å²) in [5.41, 5.74) is 7.28. The first-order valence-corrected chi connectivity index (χ1v) is 13.5. The molecule has 0 unspecified atom stereocenters. The van der Waals surface area contributed by atoms with Gasteiger partial charge in [-0.1, -0.05) is 72.8 Å². The van der Waals surface area contributed by atoms with Gasteiger partial charge in [-0.25, -0.2) is 9.97 Å². The Bertz CT molecular complexity index is 1640. The smallest absolute Gasteiger partial charge is 0.216 e. The average molecular weight is 573 g/mol. The number of para-hydroxylation sites is 2. The van der Waals surface area contributed by atoms with Crippen LogP contribution < -0.4 is 5.48 Å². The van der Waals surface area contributed by atoms with Crippen LogP contribution in [0.15, 0.2) is 147 Å². The topological polar surface area (TPSA) is 111 Å². The highest BCUT2D eigenvalue weighted by atomic mass is 16.5. The van der Waals surface area contributed by atoms with E-state index < -0.39 is 0 Å². The van der Waals surface area contributed by atoms with Crippen molar-refractivity contribution in [1.82, 2.24) is 19.1 Å². The molecule has 0 atom stereocenters. The molecule has 0 spiro atoms. The van der Waals surface area contributed by atoms with Crippen molar-refractivity contribution in [2.75, 3.05) is 5.48 Å². The molecule has 0 saturated carbocycles. The molecule has 0 fully saturated rings. The van der Waals surface area contributed by atoms with Gasteiger partial charge in [-0.15, -0.1) is 0 Å². The first-order valence-electron chi connectivity index (χ1n) is 13.5. The average Bonchev–Trinajstić information content (AvgIpc) is 3.79. The second-order valence-corrected chi connectivity index (χ2v) is 9.34. The number of benzene rings is 4. The second kappa shape index (κ2) is 16.5. The molecule has 0 amide bonds. The Hall–Kier alpha value is -5.80. The van der Waals surface area contributed by atoms with Gasteiger partial charge in [0.05, 0.1) is 18.3 Å². The summed E-state index contributed by atoms with van der Waals surface area (Å²) < 4.78 is 4.86. The highest BCUT2D eigenvalue weighted by molar-refractivity contribution is 5.76. The molecule has 0 bridgehead atoms. The molecule has 0 radical (unpaired) electrons. The molecule has 6 aromatic rings. The van der Waals surface area contributed by atoms with E-state index >= 15 is 0 Å². The molecule has 9 nitrogen and oxygen atoms in total. The number of hydrogen-bond acceptors (Lipinski definition) is 6. The monoisotopic (exact) mass is 572 g/mol. The Morgan fingerprint density at radius 1 is 0.698 bits per heavy atom. The van der Waals surface area contributed by atoms with Crippen LogP contribution in [0.4, 0.5) is 11.4 Å². The predicted octanol–water partition coefficient (Wildman–Crippen LogP) is 6.42. The van der Waals surface area contributed by atoms with E-state index in [0.29, 0.717) is 16.9 Å². The highest BCUT2D eigenvalue weighted by Gasteiger charge is 2.01. The van der Waals surface area contributed by atoms with E-state index in [9.17, 15) is 10.0 Å². The summed E-state index contributed by atoms with van der Waals surface area (Å²) in [4.78, 5) is 18.4.